The molecule has 0 fully saturated rings. The third-order valence-electron chi connectivity index (χ3n) is 5.63. The van der Waals surface area contributed by atoms with Crippen molar-refractivity contribution in [1.82, 2.24) is 14.8 Å². The molecule has 3 aromatic rings. The zero-order chi connectivity index (χ0) is 21.5. The van der Waals surface area contributed by atoms with Crippen molar-refractivity contribution >= 4 is 16.7 Å². The highest BCUT2D eigenvalue weighted by atomic mass is 32.2. The first-order chi connectivity index (χ1) is 14.3. The number of rotatable bonds is 6. The molecule has 4 N–H and O–H groups in total. The van der Waals surface area contributed by atoms with Crippen molar-refractivity contribution in [3.8, 4) is 17.0 Å². The van der Waals surface area contributed by atoms with Crippen molar-refractivity contribution in [2.24, 2.45) is 5.14 Å². The number of fused-ring (bicyclic) bond motifs is 1. The second kappa shape index (κ2) is 7.85. The lowest BCUT2D eigenvalue weighted by Crippen LogP contribution is -2.34. The molecular weight excluding hydrogens is 398 g/mol. The van der Waals surface area contributed by atoms with Crippen LogP contribution in [0.2, 0.25) is 0 Å². The van der Waals surface area contributed by atoms with Crippen LogP contribution in [0.4, 0.5) is 5.69 Å². The monoisotopic (exact) mass is 425 g/mol. The van der Waals surface area contributed by atoms with Crippen LogP contribution >= 0.6 is 0 Å². The summed E-state index contributed by atoms with van der Waals surface area (Å²) in [4.78, 5) is 4.37. The largest absolute Gasteiger partial charge is 0.475 e. The molecule has 1 unspecified atom stereocenters. The molecule has 158 valence electrons. The summed E-state index contributed by atoms with van der Waals surface area (Å²) in [5.74, 6) is 0.523. The normalized spacial score (nSPS) is 14.5. The minimum atomic E-state index is -1.61. The zero-order valence-electron chi connectivity index (χ0n) is 17.5. The molecule has 8 heteroatoms. The van der Waals surface area contributed by atoms with Crippen LogP contribution in [0.5, 0.6) is 5.88 Å². The maximum Gasteiger partial charge on any atom is 0.213 e. The van der Waals surface area contributed by atoms with Crippen molar-refractivity contribution in [2.75, 3.05) is 12.3 Å². The molecule has 7 nitrogen and oxygen atoms in total. The third-order valence-corrected chi connectivity index (χ3v) is 6.26. The standard InChI is InChI=1S/C22H27N5O2S/c1-14-11-15-5-4-6-17(15)21(23)20(14)16-7-9-25-18(12-16)29-13-22(2,3)27-10-8-19(26-27)30(24)28/h7-12H,4-6,13,23-24H2,1-3H3. The van der Waals surface area contributed by atoms with Crippen LogP contribution in [0.3, 0.4) is 0 Å². The van der Waals surface area contributed by atoms with Crippen LogP contribution in [0.1, 0.15) is 37.0 Å². The highest BCUT2D eigenvalue weighted by molar-refractivity contribution is 7.82. The summed E-state index contributed by atoms with van der Waals surface area (Å²) in [6.45, 7) is 6.40. The maximum atomic E-state index is 11.4. The lowest BCUT2D eigenvalue weighted by atomic mass is 9.93. The molecule has 1 aliphatic carbocycles. The number of hydrogen-bond acceptors (Lipinski definition) is 5. The van der Waals surface area contributed by atoms with E-state index in [1.807, 2.05) is 26.0 Å². The molecule has 0 aliphatic heterocycles. The zero-order valence-corrected chi connectivity index (χ0v) is 18.3. The van der Waals surface area contributed by atoms with E-state index in [-0.39, 0.29) is 0 Å². The van der Waals surface area contributed by atoms with Gasteiger partial charge in [-0.3, -0.25) is 4.68 Å². The molecule has 0 bridgehead atoms. The van der Waals surface area contributed by atoms with Crippen LogP contribution in [-0.2, 0) is 29.4 Å². The average Bonchev–Trinajstić information content (AvgIpc) is 3.37. The van der Waals surface area contributed by atoms with Gasteiger partial charge in [-0.05, 0) is 74.4 Å². The van der Waals surface area contributed by atoms with Gasteiger partial charge in [-0.25, -0.2) is 14.3 Å². The van der Waals surface area contributed by atoms with E-state index < -0.39 is 16.5 Å². The van der Waals surface area contributed by atoms with Crippen molar-refractivity contribution in [3.63, 3.8) is 0 Å². The van der Waals surface area contributed by atoms with Gasteiger partial charge in [0.15, 0.2) is 5.03 Å². The van der Waals surface area contributed by atoms with Gasteiger partial charge in [-0.2, -0.15) is 5.10 Å². The molecule has 30 heavy (non-hydrogen) atoms. The van der Waals surface area contributed by atoms with Gasteiger partial charge in [0.05, 0.1) is 5.54 Å². The Hall–Kier alpha value is -2.71. The number of hydrogen-bond donors (Lipinski definition) is 2. The Morgan fingerprint density at radius 3 is 2.80 bits per heavy atom. The van der Waals surface area contributed by atoms with Gasteiger partial charge in [-0.1, -0.05) is 6.07 Å². The number of aryl methyl sites for hydroxylation is 2. The minimum absolute atomic E-state index is 0.334. The Bertz CT molecular complexity index is 1120. The third kappa shape index (κ3) is 3.85. The molecule has 2 heterocycles. The fourth-order valence-corrected chi connectivity index (χ4v) is 4.39. The number of nitrogens with zero attached hydrogens (tertiary/aromatic N) is 3. The molecule has 0 amide bonds. The summed E-state index contributed by atoms with van der Waals surface area (Å²) in [5.41, 5.74) is 12.8. The highest BCUT2D eigenvalue weighted by Crippen LogP contribution is 2.38. The summed E-state index contributed by atoms with van der Waals surface area (Å²) in [6, 6.07) is 7.80. The van der Waals surface area contributed by atoms with E-state index in [1.54, 1.807) is 23.1 Å². The Balaban J connectivity index is 1.57. The van der Waals surface area contributed by atoms with Gasteiger partial charge < -0.3 is 10.5 Å². The summed E-state index contributed by atoms with van der Waals surface area (Å²) >= 11 is 0. The van der Waals surface area contributed by atoms with Crippen LogP contribution < -0.4 is 15.6 Å². The summed E-state index contributed by atoms with van der Waals surface area (Å²) in [5, 5.41) is 10.0. The Kier molecular flexibility index (Phi) is 5.38. The van der Waals surface area contributed by atoms with E-state index in [4.69, 9.17) is 15.6 Å². The van der Waals surface area contributed by atoms with Gasteiger partial charge in [0.25, 0.3) is 0 Å². The van der Waals surface area contributed by atoms with Crippen LogP contribution in [-0.4, -0.2) is 25.6 Å². The van der Waals surface area contributed by atoms with E-state index in [2.05, 4.69) is 23.1 Å². The molecule has 1 aromatic carbocycles. The van der Waals surface area contributed by atoms with Gasteiger partial charge in [0.1, 0.15) is 17.6 Å². The molecule has 0 radical (unpaired) electrons. The van der Waals surface area contributed by atoms with Crippen molar-refractivity contribution < 1.29 is 8.95 Å². The van der Waals surface area contributed by atoms with Crippen LogP contribution in [0, 0.1) is 6.92 Å². The minimum Gasteiger partial charge on any atom is -0.475 e. The Labute approximate surface area is 179 Å². The average molecular weight is 426 g/mol. The second-order valence-corrected chi connectivity index (χ2v) is 9.37. The molecule has 0 spiro atoms. The molecule has 1 aliphatic rings. The second-order valence-electron chi connectivity index (χ2n) is 8.35. The summed E-state index contributed by atoms with van der Waals surface area (Å²) in [6.07, 6.45) is 6.80. The Morgan fingerprint density at radius 1 is 1.27 bits per heavy atom. The molecular formula is C22H27N5O2S. The predicted octanol–water partition coefficient (Wildman–Crippen LogP) is 3.12. The SMILES string of the molecule is Cc1cc2c(c(N)c1-c1ccnc(OCC(C)(C)n3ccc(S(N)=O)n3)c1)CCC2. The van der Waals surface area contributed by atoms with E-state index >= 15 is 0 Å². The fourth-order valence-electron chi connectivity index (χ4n) is 4.03. The summed E-state index contributed by atoms with van der Waals surface area (Å²) < 4.78 is 19.1. The lowest BCUT2D eigenvalue weighted by Gasteiger charge is -2.25. The number of ether oxygens (including phenoxy) is 1. The molecule has 0 saturated heterocycles. The number of pyridine rings is 1. The van der Waals surface area contributed by atoms with Gasteiger partial charge in [0.2, 0.25) is 5.88 Å². The van der Waals surface area contributed by atoms with Gasteiger partial charge in [0, 0.05) is 29.7 Å². The number of aromatic nitrogens is 3. The topological polar surface area (TPSA) is 109 Å². The van der Waals surface area contributed by atoms with E-state index in [0.717, 1.165) is 36.1 Å². The molecule has 4 rings (SSSR count). The molecule has 2 aromatic heterocycles. The number of anilines is 1. The number of benzene rings is 1. The van der Waals surface area contributed by atoms with Crippen LogP contribution in [0.25, 0.3) is 11.1 Å². The number of nitrogen functional groups attached to an aromatic ring is 1. The van der Waals surface area contributed by atoms with Crippen molar-refractivity contribution in [3.05, 3.63) is 53.3 Å². The Morgan fingerprint density at radius 2 is 2.07 bits per heavy atom. The first kappa shape index (κ1) is 20.6. The molecule has 1 atom stereocenters. The number of nitrogens with two attached hydrogens (primary N) is 2. The van der Waals surface area contributed by atoms with E-state index in [0.29, 0.717) is 17.5 Å². The van der Waals surface area contributed by atoms with Crippen molar-refractivity contribution in [1.29, 1.82) is 0 Å². The fraction of sp³-hybridized carbons (Fsp3) is 0.364. The maximum absolute atomic E-state index is 11.4. The van der Waals surface area contributed by atoms with E-state index in [9.17, 15) is 4.21 Å². The van der Waals surface area contributed by atoms with Gasteiger partial charge in [-0.15, -0.1) is 0 Å². The van der Waals surface area contributed by atoms with Crippen LogP contribution in [0.15, 0.2) is 41.7 Å². The predicted molar refractivity (Wildman–Crippen MR) is 118 cm³/mol. The van der Waals surface area contributed by atoms with E-state index in [1.165, 1.54) is 16.7 Å². The first-order valence-electron chi connectivity index (χ1n) is 9.98. The van der Waals surface area contributed by atoms with Crippen molar-refractivity contribution in [2.45, 2.75) is 50.6 Å². The summed E-state index contributed by atoms with van der Waals surface area (Å²) in [7, 11) is -1.61. The molecule has 0 saturated carbocycles. The smallest absolute Gasteiger partial charge is 0.213 e. The highest BCUT2D eigenvalue weighted by Gasteiger charge is 2.24. The van der Waals surface area contributed by atoms with Gasteiger partial charge >= 0.3 is 0 Å². The quantitative estimate of drug-likeness (QED) is 0.590. The lowest BCUT2D eigenvalue weighted by molar-refractivity contribution is 0.164. The first-order valence-corrected chi connectivity index (χ1v) is 11.2.